The molecule has 11 amide bonds. The molecule has 0 radical (unpaired) electrons. The quantitative estimate of drug-likeness (QED) is 0.0312. The van der Waals surface area contributed by atoms with Crippen molar-refractivity contribution in [3.8, 4) is 0 Å². The van der Waals surface area contributed by atoms with Crippen molar-refractivity contribution in [2.45, 2.75) is 217 Å². The summed E-state index contributed by atoms with van der Waals surface area (Å²) < 4.78 is 0. The smallest absolute Gasteiger partial charge is 0.245 e. The second kappa shape index (κ2) is 41.3. The fourth-order valence-electron chi connectivity index (χ4n) is 9.38. The van der Waals surface area contributed by atoms with Crippen molar-refractivity contribution in [2.24, 2.45) is 28.9 Å². The van der Waals surface area contributed by atoms with E-state index < -0.39 is 151 Å². The second-order valence-electron chi connectivity index (χ2n) is 22.8. The van der Waals surface area contributed by atoms with Crippen molar-refractivity contribution in [1.82, 2.24) is 63.8 Å². The van der Waals surface area contributed by atoms with Gasteiger partial charge in [-0.25, -0.2) is 0 Å². The van der Waals surface area contributed by atoms with Crippen LogP contribution >= 0.6 is 0 Å². The molecule has 1 heterocycles. The molecule has 1 aliphatic heterocycles. The maximum Gasteiger partial charge on any atom is 0.245 e. The number of amides is 11. The second-order valence-corrected chi connectivity index (χ2v) is 22.8. The van der Waals surface area contributed by atoms with Gasteiger partial charge in [0.1, 0.15) is 60.4 Å². The molecule has 1 aromatic rings. The number of carbonyl (C=O) groups is 11. The van der Waals surface area contributed by atoms with E-state index in [1.165, 1.54) is 13.8 Å². The third-order valence-electron chi connectivity index (χ3n) is 14.2. The molecule has 0 aromatic heterocycles. The fraction of sp³-hybridized carbons (Fsp3) is 0.707. The van der Waals surface area contributed by atoms with Gasteiger partial charge in [0.25, 0.3) is 0 Å². The Morgan fingerprint density at radius 3 is 1.63 bits per heavy atom. The normalized spacial score (nSPS) is 22.3. The number of benzene rings is 1. The lowest BCUT2D eigenvalue weighted by Crippen LogP contribution is -2.62. The van der Waals surface area contributed by atoms with E-state index in [1.54, 1.807) is 44.2 Å². The molecule has 29 nitrogen and oxygen atoms in total. The number of nitrogens with two attached hydrogens (primary N) is 4. The van der Waals surface area contributed by atoms with Crippen LogP contribution in [0.3, 0.4) is 0 Å². The van der Waals surface area contributed by atoms with Crippen molar-refractivity contribution in [3.63, 3.8) is 0 Å². The van der Waals surface area contributed by atoms with Gasteiger partial charge in [-0.2, -0.15) is 0 Å². The maximum atomic E-state index is 14.6. The van der Waals surface area contributed by atoms with Crippen LogP contribution in [0.15, 0.2) is 30.3 Å². The van der Waals surface area contributed by atoms with Crippen molar-refractivity contribution < 1.29 is 63.0 Å². The molecule has 1 saturated heterocycles. The van der Waals surface area contributed by atoms with E-state index in [-0.39, 0.29) is 96.1 Å². The molecule has 0 bridgehead atoms. The monoisotopic (exact) mass is 1230 g/mol. The first-order valence-corrected chi connectivity index (χ1v) is 30.5. The molecule has 0 unspecified atom stereocenters. The van der Waals surface area contributed by atoms with Crippen molar-refractivity contribution in [2.75, 3.05) is 39.3 Å². The van der Waals surface area contributed by atoms with Crippen molar-refractivity contribution in [3.05, 3.63) is 35.9 Å². The zero-order valence-corrected chi connectivity index (χ0v) is 51.8. The first kappa shape index (κ1) is 76.2. The lowest BCUT2D eigenvalue weighted by atomic mass is 10.00. The van der Waals surface area contributed by atoms with Gasteiger partial charge in [0.15, 0.2) is 0 Å². The predicted molar refractivity (Wildman–Crippen MR) is 326 cm³/mol. The number of carbonyl (C=O) groups excluding carboxylic acids is 11. The third-order valence-corrected chi connectivity index (χ3v) is 14.2. The molecule has 87 heavy (non-hydrogen) atoms. The van der Waals surface area contributed by atoms with E-state index in [0.29, 0.717) is 12.0 Å². The van der Waals surface area contributed by atoms with Crippen LogP contribution in [0.4, 0.5) is 0 Å². The van der Waals surface area contributed by atoms with Gasteiger partial charge >= 0.3 is 0 Å². The van der Waals surface area contributed by atoms with E-state index in [1.807, 2.05) is 13.8 Å². The van der Waals surface area contributed by atoms with E-state index >= 15 is 0 Å². The highest BCUT2D eigenvalue weighted by atomic mass is 16.3. The zero-order chi connectivity index (χ0) is 65.2. The summed E-state index contributed by atoms with van der Waals surface area (Å²) in [6.45, 7) is 11.0. The van der Waals surface area contributed by atoms with Crippen LogP contribution in [0.5, 0.6) is 0 Å². The Bertz CT molecular complexity index is 2350. The van der Waals surface area contributed by atoms with Crippen LogP contribution in [0, 0.1) is 5.92 Å². The van der Waals surface area contributed by atoms with E-state index in [2.05, 4.69) is 70.7 Å². The van der Waals surface area contributed by atoms with Crippen molar-refractivity contribution >= 4 is 65.0 Å². The summed E-state index contributed by atoms with van der Waals surface area (Å²) in [5.41, 5.74) is 24.2. The summed E-state index contributed by atoms with van der Waals surface area (Å²) in [6, 6.07) is -6.12. The molecule has 1 aromatic carbocycles. The highest BCUT2D eigenvalue weighted by Crippen LogP contribution is 2.12. The highest BCUT2D eigenvalue weighted by Gasteiger charge is 2.38. The number of nitrogens with one attached hydrogen (secondary N) is 12. The largest absolute Gasteiger partial charge is 0.391 e. The highest BCUT2D eigenvalue weighted by molar-refractivity contribution is 5.99. The molecule has 492 valence electrons. The summed E-state index contributed by atoms with van der Waals surface area (Å²) in [7, 11) is 0. The summed E-state index contributed by atoms with van der Waals surface area (Å²) >= 11 is 0. The predicted octanol–water partition coefficient (Wildman–Crippen LogP) is -4.45. The van der Waals surface area contributed by atoms with Gasteiger partial charge in [0.2, 0.25) is 65.0 Å². The molecule has 2 rings (SSSR count). The van der Waals surface area contributed by atoms with Crippen LogP contribution in [-0.2, 0) is 59.2 Å². The van der Waals surface area contributed by atoms with Crippen LogP contribution in [-0.4, -0.2) is 193 Å². The van der Waals surface area contributed by atoms with Gasteiger partial charge in [0.05, 0.1) is 12.2 Å². The first-order chi connectivity index (χ1) is 41.3. The Morgan fingerprint density at radius 2 is 1.09 bits per heavy atom. The Balaban J connectivity index is 2.72. The number of aliphatic hydroxyl groups excluding tert-OH is 2. The van der Waals surface area contributed by atoms with Gasteiger partial charge in [-0.3, -0.25) is 52.7 Å². The number of hydrogen-bond donors (Lipinski definition) is 18. The summed E-state index contributed by atoms with van der Waals surface area (Å²) in [5.74, 6) is -9.76. The SMILES string of the molecule is CCCCCCCC(=O)N[C@@H](CCN)C(=O)N[C@H](C(=O)N[C@@H](CCN)C(=O)N[C@H]1CCNC(=O)[C@H]([C@@H](C)O)NC(=O)[C@H](CCNC(C)C)NC(=O)[C@H](CCN)NC(=O)[C@H](CC(C)C)NC(=O)[C@@H](Cc2ccccc2)NC(=O)[C@H](CCN)NC1=O)[C@@H](C)O. The van der Waals surface area contributed by atoms with Gasteiger partial charge < -0.3 is 96.9 Å². The third kappa shape index (κ3) is 28.7. The van der Waals surface area contributed by atoms with Gasteiger partial charge in [0, 0.05) is 25.4 Å². The summed E-state index contributed by atoms with van der Waals surface area (Å²) in [6.07, 6.45) is 0.230. The van der Waals surface area contributed by atoms with Crippen LogP contribution in [0.25, 0.3) is 0 Å². The van der Waals surface area contributed by atoms with Crippen molar-refractivity contribution in [1.29, 1.82) is 0 Å². The van der Waals surface area contributed by atoms with Gasteiger partial charge in [-0.15, -0.1) is 0 Å². The van der Waals surface area contributed by atoms with E-state index in [0.717, 1.165) is 25.7 Å². The minimum Gasteiger partial charge on any atom is -0.391 e. The van der Waals surface area contributed by atoms with E-state index in [4.69, 9.17) is 22.9 Å². The maximum absolute atomic E-state index is 14.6. The molecule has 1 aliphatic rings. The first-order valence-electron chi connectivity index (χ1n) is 30.5. The molecular formula is C58H102N16O13. The molecule has 29 heteroatoms. The minimum absolute atomic E-state index is 0.0127. The average Bonchev–Trinajstić information content (AvgIpc) is 3.64. The standard InChI is InChI=1S/C58H102N16O13/c1-8-9-10-11-15-18-46(77)65-38(19-25-59)53(82)74-48(36(7)76)58(87)70-41(22-28-62)50(79)68-42-24-30-64-57(86)47(35(6)75)73-54(83)43(23-29-63-34(4)5)69-49(78)39(20-26-60)67-55(84)44(31-33(2)3)71-56(85)45(32-37-16-13-12-14-17-37)72-51(80)40(21-27-61)66-52(42)81/h12-14,16-17,33-36,38-45,47-48,63,75-76H,8-11,15,18-32,59-62H2,1-7H3,(H,64,86)(H,65,77)(H,66,81)(H,67,84)(H,68,79)(H,69,78)(H,70,87)(H,71,85)(H,72,80)(H,73,83)(H,74,82)/t35-,36-,38+,39+,40+,41+,42+,43+,44+,45-,47+,48+/m1/s1. The molecule has 0 saturated carbocycles. The fourth-order valence-corrected chi connectivity index (χ4v) is 9.38. The number of rotatable bonds is 31. The average molecular weight is 1230 g/mol. The Morgan fingerprint density at radius 1 is 0.575 bits per heavy atom. The molecular weight excluding hydrogens is 1130 g/mol. The topological polar surface area (TPSA) is 477 Å². The van der Waals surface area contributed by atoms with Crippen LogP contribution < -0.4 is 86.7 Å². The van der Waals surface area contributed by atoms with Gasteiger partial charge in [-0.05, 0) is 109 Å². The molecule has 22 N–H and O–H groups in total. The van der Waals surface area contributed by atoms with E-state index in [9.17, 15) is 63.0 Å². The molecule has 0 spiro atoms. The number of aliphatic hydroxyl groups is 2. The van der Waals surface area contributed by atoms with Crippen LogP contribution in [0.2, 0.25) is 0 Å². The number of hydrogen-bond acceptors (Lipinski definition) is 18. The Labute approximate surface area is 511 Å². The molecule has 12 atom stereocenters. The zero-order valence-electron chi connectivity index (χ0n) is 51.8. The molecule has 0 aliphatic carbocycles. The Hall–Kier alpha value is -6.89. The molecule has 1 fully saturated rings. The lowest BCUT2D eigenvalue weighted by molar-refractivity contribution is -0.137. The summed E-state index contributed by atoms with van der Waals surface area (Å²) in [5, 5.41) is 53.3. The summed E-state index contributed by atoms with van der Waals surface area (Å²) in [4.78, 5) is 155. The lowest BCUT2D eigenvalue weighted by Gasteiger charge is -2.29. The van der Waals surface area contributed by atoms with Crippen LogP contribution in [0.1, 0.15) is 138 Å². The number of unbranched alkanes of at least 4 members (excludes halogenated alkanes) is 4. The minimum atomic E-state index is -1.70. The van der Waals surface area contributed by atoms with Gasteiger partial charge in [-0.1, -0.05) is 90.6 Å². The Kier molecular flexibility index (Phi) is 36.2.